The number of allylic oxidation sites excluding steroid dienone is 2. The number of halogens is 1. The number of rotatable bonds is 7. The highest BCUT2D eigenvalue weighted by atomic mass is 35.5. The largest absolute Gasteiger partial charge is 0.378 e. The topological polar surface area (TPSA) is 87.9 Å². The van der Waals surface area contributed by atoms with E-state index in [0.717, 1.165) is 53.8 Å². The maximum atomic E-state index is 12.0. The van der Waals surface area contributed by atoms with Crippen LogP contribution in [-0.2, 0) is 11.2 Å². The van der Waals surface area contributed by atoms with E-state index in [0.29, 0.717) is 28.4 Å². The Balaban J connectivity index is 1.37. The summed E-state index contributed by atoms with van der Waals surface area (Å²) in [6.45, 7) is 0. The first-order chi connectivity index (χ1) is 15.4. The van der Waals surface area contributed by atoms with Gasteiger partial charge in [0.2, 0.25) is 5.91 Å². The molecule has 6 nitrogen and oxygen atoms in total. The monoisotopic (exact) mass is 449 g/mol. The van der Waals surface area contributed by atoms with Crippen molar-refractivity contribution in [1.82, 2.24) is 15.0 Å². The zero-order valence-electron chi connectivity index (χ0n) is 18.4. The van der Waals surface area contributed by atoms with E-state index in [1.807, 2.05) is 26.2 Å². The fourth-order valence-electron chi connectivity index (χ4n) is 5.55. The summed E-state index contributed by atoms with van der Waals surface area (Å²) < 4.78 is 0. The fraction of sp³-hybridized carbons (Fsp3) is 0.400. The van der Waals surface area contributed by atoms with Crippen molar-refractivity contribution in [3.63, 3.8) is 0 Å². The fourth-order valence-corrected chi connectivity index (χ4v) is 5.79. The van der Waals surface area contributed by atoms with Crippen LogP contribution >= 0.6 is 11.6 Å². The van der Waals surface area contributed by atoms with Gasteiger partial charge >= 0.3 is 0 Å². The Labute approximate surface area is 192 Å². The van der Waals surface area contributed by atoms with Gasteiger partial charge in [-0.3, -0.25) is 4.79 Å². The number of amides is 1. The Kier molecular flexibility index (Phi) is 5.41. The van der Waals surface area contributed by atoms with Crippen LogP contribution in [0.3, 0.4) is 0 Å². The molecule has 166 valence electrons. The molecule has 2 bridgehead atoms. The minimum absolute atomic E-state index is 0.0272. The van der Waals surface area contributed by atoms with Crippen molar-refractivity contribution in [3.8, 4) is 11.4 Å². The average molecular weight is 450 g/mol. The van der Waals surface area contributed by atoms with Crippen LogP contribution in [0.4, 0.5) is 5.69 Å². The molecule has 0 saturated heterocycles. The van der Waals surface area contributed by atoms with Crippen LogP contribution in [0.1, 0.15) is 24.8 Å². The van der Waals surface area contributed by atoms with E-state index in [1.165, 1.54) is 0 Å². The lowest BCUT2D eigenvalue weighted by Gasteiger charge is -2.25. The molecule has 4 unspecified atom stereocenters. The number of primary amides is 1. The Morgan fingerprint density at radius 3 is 2.88 bits per heavy atom. The van der Waals surface area contributed by atoms with Gasteiger partial charge in [-0.15, -0.1) is 0 Å². The average Bonchev–Trinajstić information content (AvgIpc) is 3.49. The summed E-state index contributed by atoms with van der Waals surface area (Å²) in [6.07, 6.45) is 9.91. The van der Waals surface area contributed by atoms with Gasteiger partial charge in [-0.05, 0) is 61.1 Å². The summed E-state index contributed by atoms with van der Waals surface area (Å²) in [6, 6.07) is 8.24. The standard InChI is InChI=1S/C25H28ClN5O/c1-31(2)17-6-3-5-16(12-17)24-29-22-19(20(26)13-28-25(22)30-24)8-4-7-18-14-9-10-15(11-14)21(18)23(27)32/h3,5-6,9-10,12-15,18,21H,4,7-8,11H2,1-2H3,(H2,27,32)(H,28,29,30). The highest BCUT2D eigenvalue weighted by molar-refractivity contribution is 6.32. The van der Waals surface area contributed by atoms with Gasteiger partial charge in [-0.2, -0.15) is 0 Å². The van der Waals surface area contributed by atoms with Gasteiger partial charge in [0.25, 0.3) is 0 Å². The molecule has 0 radical (unpaired) electrons. The van der Waals surface area contributed by atoms with Crippen molar-refractivity contribution < 1.29 is 4.79 Å². The van der Waals surface area contributed by atoms with Gasteiger partial charge in [0.15, 0.2) is 5.65 Å². The number of aromatic nitrogens is 3. The van der Waals surface area contributed by atoms with Crippen molar-refractivity contribution in [3.05, 3.63) is 53.2 Å². The normalized spacial score (nSPS) is 23.8. The van der Waals surface area contributed by atoms with E-state index < -0.39 is 0 Å². The zero-order valence-corrected chi connectivity index (χ0v) is 19.1. The third kappa shape index (κ3) is 3.66. The van der Waals surface area contributed by atoms with Crippen molar-refractivity contribution in [2.75, 3.05) is 19.0 Å². The second kappa shape index (κ2) is 8.24. The number of carbonyl (C=O) groups excluding carboxylic acids is 1. The number of fused-ring (bicyclic) bond motifs is 3. The number of hydrogen-bond donors (Lipinski definition) is 2. The number of aryl methyl sites for hydroxylation is 1. The minimum atomic E-state index is -0.158. The molecular formula is C25H28ClN5O. The van der Waals surface area contributed by atoms with Gasteiger partial charge in [-0.25, -0.2) is 9.97 Å². The first-order valence-electron chi connectivity index (χ1n) is 11.2. The highest BCUT2D eigenvalue weighted by Gasteiger charge is 2.46. The predicted molar refractivity (Wildman–Crippen MR) is 129 cm³/mol. The molecule has 7 heteroatoms. The predicted octanol–water partition coefficient (Wildman–Crippen LogP) is 4.59. The van der Waals surface area contributed by atoms with Crippen LogP contribution in [0.2, 0.25) is 5.02 Å². The van der Waals surface area contributed by atoms with Crippen molar-refractivity contribution >= 4 is 34.4 Å². The van der Waals surface area contributed by atoms with Gasteiger partial charge in [0.05, 0.1) is 10.5 Å². The van der Waals surface area contributed by atoms with E-state index >= 15 is 0 Å². The quantitative estimate of drug-likeness (QED) is 0.516. The molecule has 2 heterocycles. The third-order valence-electron chi connectivity index (χ3n) is 7.13. The minimum Gasteiger partial charge on any atom is -0.378 e. The molecule has 0 aliphatic heterocycles. The Morgan fingerprint density at radius 2 is 2.09 bits per heavy atom. The van der Waals surface area contributed by atoms with Crippen LogP contribution in [0.25, 0.3) is 22.6 Å². The molecule has 32 heavy (non-hydrogen) atoms. The van der Waals surface area contributed by atoms with E-state index in [1.54, 1.807) is 6.20 Å². The lowest BCUT2D eigenvalue weighted by Crippen LogP contribution is -2.33. The summed E-state index contributed by atoms with van der Waals surface area (Å²) in [7, 11) is 4.04. The number of benzene rings is 1. The Hall–Kier alpha value is -2.86. The van der Waals surface area contributed by atoms with Crippen LogP contribution in [0, 0.1) is 23.7 Å². The first kappa shape index (κ1) is 21.0. The second-order valence-corrected chi connectivity index (χ2v) is 9.65. The van der Waals surface area contributed by atoms with E-state index in [9.17, 15) is 4.79 Å². The van der Waals surface area contributed by atoms with Crippen molar-refractivity contribution in [2.24, 2.45) is 29.4 Å². The first-order valence-corrected chi connectivity index (χ1v) is 11.6. The number of H-pyrrole nitrogens is 1. The van der Waals surface area contributed by atoms with E-state index in [2.05, 4.69) is 39.2 Å². The number of nitrogens with zero attached hydrogens (tertiary/aromatic N) is 3. The molecule has 1 aromatic carbocycles. The second-order valence-electron chi connectivity index (χ2n) is 9.25. The summed E-state index contributed by atoms with van der Waals surface area (Å²) in [5.41, 5.74) is 10.4. The van der Waals surface area contributed by atoms with Gasteiger partial charge in [-0.1, -0.05) is 35.9 Å². The molecule has 1 amide bonds. The van der Waals surface area contributed by atoms with Crippen LogP contribution < -0.4 is 10.6 Å². The molecule has 0 spiro atoms. The molecule has 2 aliphatic carbocycles. The molecule has 2 aromatic heterocycles. The van der Waals surface area contributed by atoms with E-state index in [4.69, 9.17) is 22.3 Å². The molecule has 3 aromatic rings. The maximum Gasteiger partial charge on any atom is 0.221 e. The van der Waals surface area contributed by atoms with Gasteiger partial charge in [0, 0.05) is 37.5 Å². The van der Waals surface area contributed by atoms with Gasteiger partial charge < -0.3 is 15.6 Å². The number of pyridine rings is 1. The number of aromatic amines is 1. The molecule has 5 rings (SSSR count). The number of imidazole rings is 1. The number of carbonyl (C=O) groups is 1. The molecule has 3 N–H and O–H groups in total. The summed E-state index contributed by atoms with van der Waals surface area (Å²) in [4.78, 5) is 26.7. The summed E-state index contributed by atoms with van der Waals surface area (Å²) >= 11 is 6.56. The van der Waals surface area contributed by atoms with Crippen molar-refractivity contribution in [2.45, 2.75) is 25.7 Å². The zero-order chi connectivity index (χ0) is 22.4. The Bertz CT molecular complexity index is 1200. The third-order valence-corrected chi connectivity index (χ3v) is 7.45. The van der Waals surface area contributed by atoms with Crippen LogP contribution in [-0.4, -0.2) is 35.0 Å². The van der Waals surface area contributed by atoms with Crippen molar-refractivity contribution in [1.29, 1.82) is 0 Å². The molecule has 4 atom stereocenters. The molecular weight excluding hydrogens is 422 g/mol. The van der Waals surface area contributed by atoms with E-state index in [-0.39, 0.29) is 11.8 Å². The molecule has 1 fully saturated rings. The SMILES string of the molecule is CN(C)c1cccc(-c2nc3ncc(Cl)c(CCCC4C5C=CC(C5)C4C(N)=O)c3[nH]2)c1. The highest BCUT2D eigenvalue weighted by Crippen LogP contribution is 2.49. The summed E-state index contributed by atoms with van der Waals surface area (Å²) in [5.74, 6) is 1.74. The lowest BCUT2D eigenvalue weighted by atomic mass is 9.79. The van der Waals surface area contributed by atoms with Crippen LogP contribution in [0.15, 0.2) is 42.6 Å². The lowest BCUT2D eigenvalue weighted by molar-refractivity contribution is -0.124. The summed E-state index contributed by atoms with van der Waals surface area (Å²) in [5, 5.41) is 0.647. The van der Waals surface area contributed by atoms with Gasteiger partial charge in [0.1, 0.15) is 5.82 Å². The van der Waals surface area contributed by atoms with Crippen LogP contribution in [0.5, 0.6) is 0 Å². The number of nitrogens with two attached hydrogens (primary N) is 1. The number of hydrogen-bond acceptors (Lipinski definition) is 4. The molecule has 1 saturated carbocycles. The number of nitrogens with one attached hydrogen (secondary N) is 1. The number of anilines is 1. The smallest absolute Gasteiger partial charge is 0.221 e. The molecule has 2 aliphatic rings. The Morgan fingerprint density at radius 1 is 1.28 bits per heavy atom. The maximum absolute atomic E-state index is 12.0.